The van der Waals surface area contributed by atoms with Crippen molar-refractivity contribution >= 4 is 5.82 Å². The number of hydrogen-bond acceptors (Lipinski definition) is 4. The highest BCUT2D eigenvalue weighted by Crippen LogP contribution is 2.04. The maximum absolute atomic E-state index is 5.50. The van der Waals surface area contributed by atoms with Crippen molar-refractivity contribution in [2.75, 3.05) is 5.73 Å². The minimum Gasteiger partial charge on any atom is -0.382 e. The molecular weight excluding hydrogens is 140 g/mol. The van der Waals surface area contributed by atoms with Gasteiger partial charge in [-0.3, -0.25) is 4.98 Å². The van der Waals surface area contributed by atoms with Gasteiger partial charge >= 0.3 is 0 Å². The Bertz CT molecular complexity index is 246. The topological polar surface area (TPSA) is 77.8 Å². The Balaban J connectivity index is 3.02. The second kappa shape index (κ2) is 3.30. The molecule has 4 heteroatoms. The molecule has 0 aliphatic heterocycles. The van der Waals surface area contributed by atoms with Crippen LogP contribution in [0.5, 0.6) is 0 Å². The zero-order valence-corrected chi connectivity index (χ0v) is 6.54. The average molecular weight is 152 g/mol. The van der Waals surface area contributed by atoms with Crippen LogP contribution >= 0.6 is 0 Å². The summed E-state index contributed by atoms with van der Waals surface area (Å²) in [5.41, 5.74) is 12.5. The minimum atomic E-state index is 0.354. The molecule has 0 unspecified atom stereocenters. The Hall–Kier alpha value is -1.16. The summed E-state index contributed by atoms with van der Waals surface area (Å²) >= 11 is 0. The standard InChI is InChI=1S/C7H12N4/c1-2-5-4-10-7(9)6(3-8)11-5/h4H,2-3,8H2,1H3,(H2,9,10). The van der Waals surface area contributed by atoms with E-state index >= 15 is 0 Å². The number of nitrogens with two attached hydrogens (primary N) is 2. The third-order valence-electron chi connectivity index (χ3n) is 1.48. The number of nitrogens with zero attached hydrogens (tertiary/aromatic N) is 2. The van der Waals surface area contributed by atoms with Crippen molar-refractivity contribution in [2.24, 2.45) is 5.73 Å². The number of aryl methyl sites for hydroxylation is 1. The molecule has 1 heterocycles. The molecule has 1 aromatic heterocycles. The maximum atomic E-state index is 5.50. The van der Waals surface area contributed by atoms with E-state index in [0.29, 0.717) is 18.1 Å². The van der Waals surface area contributed by atoms with Crippen LogP contribution in [0.25, 0.3) is 0 Å². The first-order valence-electron chi connectivity index (χ1n) is 3.58. The molecule has 0 saturated heterocycles. The highest BCUT2D eigenvalue weighted by atomic mass is 14.9. The number of aromatic nitrogens is 2. The van der Waals surface area contributed by atoms with Crippen molar-refractivity contribution in [3.63, 3.8) is 0 Å². The molecule has 0 aromatic carbocycles. The van der Waals surface area contributed by atoms with Crippen molar-refractivity contribution in [3.05, 3.63) is 17.6 Å². The molecule has 1 rings (SSSR count). The molecule has 0 spiro atoms. The summed E-state index contributed by atoms with van der Waals surface area (Å²) in [7, 11) is 0. The Morgan fingerprint density at radius 3 is 2.82 bits per heavy atom. The van der Waals surface area contributed by atoms with Crippen molar-refractivity contribution < 1.29 is 0 Å². The lowest BCUT2D eigenvalue weighted by molar-refractivity contribution is 0.911. The van der Waals surface area contributed by atoms with Crippen LogP contribution in [0.1, 0.15) is 18.3 Å². The molecule has 0 saturated carbocycles. The summed E-state index contributed by atoms with van der Waals surface area (Å²) in [6.45, 7) is 2.37. The molecule has 0 bridgehead atoms. The second-order valence-corrected chi connectivity index (χ2v) is 2.25. The summed E-state index contributed by atoms with van der Waals surface area (Å²) in [5, 5.41) is 0. The van der Waals surface area contributed by atoms with Gasteiger partial charge < -0.3 is 11.5 Å². The molecular formula is C7H12N4. The van der Waals surface area contributed by atoms with Crippen LogP contribution in [0.2, 0.25) is 0 Å². The van der Waals surface area contributed by atoms with E-state index in [2.05, 4.69) is 9.97 Å². The number of anilines is 1. The summed E-state index contributed by atoms with van der Waals surface area (Å²) in [6, 6.07) is 0. The SMILES string of the molecule is CCc1cnc(N)c(CN)n1. The van der Waals surface area contributed by atoms with Crippen molar-refractivity contribution in [1.29, 1.82) is 0 Å². The van der Waals surface area contributed by atoms with Gasteiger partial charge in [-0.05, 0) is 6.42 Å². The third-order valence-corrected chi connectivity index (χ3v) is 1.48. The molecule has 0 radical (unpaired) electrons. The van der Waals surface area contributed by atoms with E-state index < -0.39 is 0 Å². The molecule has 0 aliphatic rings. The summed E-state index contributed by atoms with van der Waals surface area (Å²) in [5.74, 6) is 0.435. The summed E-state index contributed by atoms with van der Waals surface area (Å²) < 4.78 is 0. The Morgan fingerprint density at radius 2 is 2.27 bits per heavy atom. The fraction of sp³-hybridized carbons (Fsp3) is 0.429. The van der Waals surface area contributed by atoms with Crippen molar-refractivity contribution in [2.45, 2.75) is 19.9 Å². The third kappa shape index (κ3) is 1.65. The van der Waals surface area contributed by atoms with Gasteiger partial charge in [-0.15, -0.1) is 0 Å². The fourth-order valence-corrected chi connectivity index (χ4v) is 0.799. The minimum absolute atomic E-state index is 0.354. The number of rotatable bonds is 2. The van der Waals surface area contributed by atoms with Crippen LogP contribution in [0.3, 0.4) is 0 Å². The second-order valence-electron chi connectivity index (χ2n) is 2.25. The Labute approximate surface area is 65.6 Å². The van der Waals surface area contributed by atoms with E-state index in [9.17, 15) is 0 Å². The highest BCUT2D eigenvalue weighted by molar-refractivity contribution is 5.33. The number of hydrogen-bond donors (Lipinski definition) is 2. The molecule has 60 valence electrons. The Kier molecular flexibility index (Phi) is 2.38. The zero-order chi connectivity index (χ0) is 8.27. The molecule has 11 heavy (non-hydrogen) atoms. The highest BCUT2D eigenvalue weighted by Gasteiger charge is 2.00. The lowest BCUT2D eigenvalue weighted by atomic mass is 10.3. The van der Waals surface area contributed by atoms with Crippen LogP contribution in [-0.4, -0.2) is 9.97 Å². The summed E-state index contributed by atoms with van der Waals surface area (Å²) in [4.78, 5) is 8.15. The van der Waals surface area contributed by atoms with E-state index in [4.69, 9.17) is 11.5 Å². The van der Waals surface area contributed by atoms with Crippen LogP contribution in [0.4, 0.5) is 5.82 Å². The average Bonchev–Trinajstić information content (AvgIpc) is 2.05. The van der Waals surface area contributed by atoms with Gasteiger partial charge in [0.1, 0.15) is 5.82 Å². The molecule has 4 nitrogen and oxygen atoms in total. The summed E-state index contributed by atoms with van der Waals surface area (Å²) in [6.07, 6.45) is 2.54. The zero-order valence-electron chi connectivity index (χ0n) is 6.54. The Morgan fingerprint density at radius 1 is 1.55 bits per heavy atom. The van der Waals surface area contributed by atoms with Gasteiger partial charge in [0.15, 0.2) is 0 Å². The van der Waals surface area contributed by atoms with E-state index in [1.165, 1.54) is 0 Å². The largest absolute Gasteiger partial charge is 0.382 e. The van der Waals surface area contributed by atoms with Crippen LogP contribution < -0.4 is 11.5 Å². The number of nitrogen functional groups attached to an aromatic ring is 1. The molecule has 0 aliphatic carbocycles. The fourth-order valence-electron chi connectivity index (χ4n) is 0.799. The van der Waals surface area contributed by atoms with Gasteiger partial charge in [0.25, 0.3) is 0 Å². The van der Waals surface area contributed by atoms with E-state index in [1.807, 2.05) is 6.92 Å². The van der Waals surface area contributed by atoms with E-state index in [-0.39, 0.29) is 0 Å². The molecule has 4 N–H and O–H groups in total. The van der Waals surface area contributed by atoms with Crippen LogP contribution in [-0.2, 0) is 13.0 Å². The molecule has 0 amide bonds. The first-order chi connectivity index (χ1) is 5.27. The molecule has 0 fully saturated rings. The van der Waals surface area contributed by atoms with Crippen molar-refractivity contribution in [3.8, 4) is 0 Å². The quantitative estimate of drug-likeness (QED) is 0.629. The van der Waals surface area contributed by atoms with Gasteiger partial charge in [0, 0.05) is 6.54 Å². The predicted molar refractivity (Wildman–Crippen MR) is 43.7 cm³/mol. The van der Waals surface area contributed by atoms with Crippen LogP contribution in [0, 0.1) is 0 Å². The lowest BCUT2D eigenvalue weighted by Gasteiger charge is -2.01. The first kappa shape index (κ1) is 7.94. The molecule has 0 atom stereocenters. The van der Waals surface area contributed by atoms with E-state index in [0.717, 1.165) is 12.1 Å². The first-order valence-corrected chi connectivity index (χ1v) is 3.58. The van der Waals surface area contributed by atoms with E-state index in [1.54, 1.807) is 6.20 Å². The maximum Gasteiger partial charge on any atom is 0.146 e. The predicted octanol–water partition coefficient (Wildman–Crippen LogP) is 0.0799. The van der Waals surface area contributed by atoms with Gasteiger partial charge in [-0.1, -0.05) is 6.92 Å². The van der Waals surface area contributed by atoms with Gasteiger partial charge in [0.2, 0.25) is 0 Å². The normalized spacial score (nSPS) is 10.0. The van der Waals surface area contributed by atoms with Gasteiger partial charge in [-0.25, -0.2) is 4.98 Å². The van der Waals surface area contributed by atoms with Crippen molar-refractivity contribution in [1.82, 2.24) is 9.97 Å². The lowest BCUT2D eigenvalue weighted by Crippen LogP contribution is -2.07. The monoisotopic (exact) mass is 152 g/mol. The smallest absolute Gasteiger partial charge is 0.146 e. The van der Waals surface area contributed by atoms with Gasteiger partial charge in [-0.2, -0.15) is 0 Å². The van der Waals surface area contributed by atoms with Crippen LogP contribution in [0.15, 0.2) is 6.20 Å². The molecule has 1 aromatic rings. The van der Waals surface area contributed by atoms with Gasteiger partial charge in [0.05, 0.1) is 17.6 Å².